The predicted octanol–water partition coefficient (Wildman–Crippen LogP) is 1.67. The summed E-state index contributed by atoms with van der Waals surface area (Å²) < 4.78 is 7.80. The Morgan fingerprint density at radius 3 is 2.79 bits per heavy atom. The average molecular weight is 328 g/mol. The van der Waals surface area contributed by atoms with Crippen LogP contribution in [0.2, 0.25) is 0 Å². The molecule has 3 rings (SSSR count). The lowest BCUT2D eigenvalue weighted by molar-refractivity contribution is -0.141. The fraction of sp³-hybridized carbons (Fsp3) is 0.444. The largest absolute Gasteiger partial charge is 0.481 e. The number of carbonyl (C=O) groups excluding carboxylic acids is 1. The number of ether oxygens (including phenoxy) is 1. The van der Waals surface area contributed by atoms with Crippen molar-refractivity contribution in [1.82, 2.24) is 19.8 Å². The molecule has 1 aliphatic heterocycles. The number of aryl methyl sites for hydroxylation is 2. The second-order valence-electron chi connectivity index (χ2n) is 6.22. The molecule has 2 unspecified atom stereocenters. The highest BCUT2D eigenvalue weighted by atomic mass is 16.5. The highest BCUT2D eigenvalue weighted by Gasteiger charge is 2.33. The van der Waals surface area contributed by atoms with E-state index in [-0.39, 0.29) is 11.9 Å². The molecule has 1 N–H and O–H groups in total. The van der Waals surface area contributed by atoms with Crippen LogP contribution in [-0.4, -0.2) is 46.1 Å². The molecule has 24 heavy (non-hydrogen) atoms. The Bertz CT molecular complexity index is 695. The summed E-state index contributed by atoms with van der Waals surface area (Å²) in [5.41, 5.74) is 1.17. The molecule has 0 spiro atoms. The Hall–Kier alpha value is -2.34. The van der Waals surface area contributed by atoms with E-state index < -0.39 is 6.10 Å². The molecule has 0 aliphatic carbocycles. The van der Waals surface area contributed by atoms with Crippen molar-refractivity contribution >= 4 is 5.91 Å². The molecular formula is C18H24N4O2. The van der Waals surface area contributed by atoms with Crippen molar-refractivity contribution in [3.63, 3.8) is 0 Å². The van der Waals surface area contributed by atoms with Crippen LogP contribution in [0.25, 0.3) is 0 Å². The van der Waals surface area contributed by atoms with Gasteiger partial charge in [0.1, 0.15) is 17.6 Å². The maximum atomic E-state index is 12.9. The maximum Gasteiger partial charge on any atom is 0.264 e. The smallest absolute Gasteiger partial charge is 0.264 e. The van der Waals surface area contributed by atoms with Crippen molar-refractivity contribution < 1.29 is 9.53 Å². The summed E-state index contributed by atoms with van der Waals surface area (Å²) >= 11 is 0. The molecule has 2 heterocycles. The summed E-state index contributed by atoms with van der Waals surface area (Å²) in [6.45, 7) is 5.96. The van der Waals surface area contributed by atoms with Gasteiger partial charge in [-0.15, -0.1) is 0 Å². The SMILES string of the molecule is Cc1ccc(OC(C)C(=O)N2CCNCC2c2nccn2C)cc1. The van der Waals surface area contributed by atoms with E-state index in [1.807, 2.05) is 53.9 Å². The third-order valence-electron chi connectivity index (χ3n) is 4.36. The first-order valence-electron chi connectivity index (χ1n) is 8.28. The fourth-order valence-corrected chi connectivity index (χ4v) is 3.00. The van der Waals surface area contributed by atoms with Gasteiger partial charge in [-0.25, -0.2) is 4.98 Å². The molecule has 2 atom stereocenters. The van der Waals surface area contributed by atoms with Crippen LogP contribution in [0.5, 0.6) is 5.75 Å². The standard InChI is InChI=1S/C18H24N4O2/c1-13-4-6-15(7-5-13)24-14(2)18(23)22-11-8-19-12-16(22)17-20-9-10-21(17)3/h4-7,9-10,14,16,19H,8,11-12H2,1-3H3. The highest BCUT2D eigenvalue weighted by Crippen LogP contribution is 2.22. The Labute approximate surface area is 142 Å². The summed E-state index contributed by atoms with van der Waals surface area (Å²) in [6.07, 6.45) is 3.13. The Morgan fingerprint density at radius 2 is 2.12 bits per heavy atom. The summed E-state index contributed by atoms with van der Waals surface area (Å²) in [7, 11) is 1.95. The van der Waals surface area contributed by atoms with Gasteiger partial charge in [0, 0.05) is 39.1 Å². The van der Waals surface area contributed by atoms with Gasteiger partial charge in [0.25, 0.3) is 5.91 Å². The summed E-state index contributed by atoms with van der Waals surface area (Å²) in [5, 5.41) is 3.34. The molecule has 1 aromatic heterocycles. The second kappa shape index (κ2) is 7.05. The van der Waals surface area contributed by atoms with Crippen LogP contribution in [-0.2, 0) is 11.8 Å². The molecular weight excluding hydrogens is 304 g/mol. The first-order chi connectivity index (χ1) is 11.6. The van der Waals surface area contributed by atoms with Crippen LogP contribution in [0.1, 0.15) is 24.4 Å². The quantitative estimate of drug-likeness (QED) is 0.927. The molecule has 1 saturated heterocycles. The first-order valence-corrected chi connectivity index (χ1v) is 8.28. The van der Waals surface area contributed by atoms with Crippen molar-refractivity contribution in [3.8, 4) is 5.75 Å². The average Bonchev–Trinajstić information content (AvgIpc) is 3.02. The van der Waals surface area contributed by atoms with Crippen LogP contribution in [0.15, 0.2) is 36.7 Å². The molecule has 1 amide bonds. The van der Waals surface area contributed by atoms with Gasteiger partial charge in [0.05, 0.1) is 0 Å². The zero-order chi connectivity index (χ0) is 17.1. The highest BCUT2D eigenvalue weighted by molar-refractivity contribution is 5.81. The molecule has 0 radical (unpaired) electrons. The number of hydrogen-bond acceptors (Lipinski definition) is 4. The van der Waals surface area contributed by atoms with E-state index in [1.165, 1.54) is 5.56 Å². The molecule has 1 fully saturated rings. The minimum Gasteiger partial charge on any atom is -0.481 e. The van der Waals surface area contributed by atoms with Gasteiger partial charge >= 0.3 is 0 Å². The van der Waals surface area contributed by atoms with E-state index >= 15 is 0 Å². The van der Waals surface area contributed by atoms with Crippen LogP contribution >= 0.6 is 0 Å². The summed E-state index contributed by atoms with van der Waals surface area (Å²) in [5.74, 6) is 1.59. The van der Waals surface area contributed by atoms with E-state index in [2.05, 4.69) is 10.3 Å². The molecule has 128 valence electrons. The molecule has 1 aliphatic rings. The minimum absolute atomic E-state index is 0.00919. The molecule has 1 aromatic carbocycles. The third kappa shape index (κ3) is 3.43. The Morgan fingerprint density at radius 1 is 1.38 bits per heavy atom. The lowest BCUT2D eigenvalue weighted by atomic mass is 10.1. The van der Waals surface area contributed by atoms with E-state index in [0.29, 0.717) is 18.8 Å². The Kier molecular flexibility index (Phi) is 4.85. The molecule has 0 bridgehead atoms. The topological polar surface area (TPSA) is 59.4 Å². The summed E-state index contributed by atoms with van der Waals surface area (Å²) in [6, 6.07) is 7.68. The van der Waals surface area contributed by atoms with E-state index in [0.717, 1.165) is 12.4 Å². The number of piperazine rings is 1. The fourth-order valence-electron chi connectivity index (χ4n) is 3.00. The third-order valence-corrected chi connectivity index (χ3v) is 4.36. The van der Waals surface area contributed by atoms with Crippen LogP contribution in [0.4, 0.5) is 0 Å². The molecule has 0 saturated carbocycles. The maximum absolute atomic E-state index is 12.9. The van der Waals surface area contributed by atoms with Gasteiger partial charge in [-0.05, 0) is 26.0 Å². The monoisotopic (exact) mass is 328 g/mol. The minimum atomic E-state index is -0.534. The normalized spacial score (nSPS) is 19.1. The summed E-state index contributed by atoms with van der Waals surface area (Å²) in [4.78, 5) is 19.2. The molecule has 2 aromatic rings. The lowest BCUT2D eigenvalue weighted by Gasteiger charge is -2.37. The van der Waals surface area contributed by atoms with Crippen molar-refractivity contribution in [2.45, 2.75) is 26.0 Å². The number of imidazole rings is 1. The first kappa shape index (κ1) is 16.5. The van der Waals surface area contributed by atoms with E-state index in [4.69, 9.17) is 4.74 Å². The van der Waals surface area contributed by atoms with Gasteiger partial charge in [-0.1, -0.05) is 17.7 Å². The van der Waals surface area contributed by atoms with Crippen LogP contribution < -0.4 is 10.1 Å². The predicted molar refractivity (Wildman–Crippen MR) is 91.8 cm³/mol. The van der Waals surface area contributed by atoms with Crippen molar-refractivity contribution in [2.24, 2.45) is 7.05 Å². The Balaban J connectivity index is 1.73. The van der Waals surface area contributed by atoms with Crippen LogP contribution in [0.3, 0.4) is 0 Å². The number of nitrogens with zero attached hydrogens (tertiary/aromatic N) is 3. The van der Waals surface area contributed by atoms with Crippen LogP contribution in [0, 0.1) is 6.92 Å². The molecule has 6 heteroatoms. The van der Waals surface area contributed by atoms with Gasteiger partial charge in [0.2, 0.25) is 0 Å². The van der Waals surface area contributed by atoms with Gasteiger partial charge in [0.15, 0.2) is 6.10 Å². The van der Waals surface area contributed by atoms with Crippen molar-refractivity contribution in [1.29, 1.82) is 0 Å². The second-order valence-corrected chi connectivity index (χ2v) is 6.22. The number of hydrogen-bond donors (Lipinski definition) is 1. The van der Waals surface area contributed by atoms with Crippen molar-refractivity contribution in [2.75, 3.05) is 19.6 Å². The number of benzene rings is 1. The number of aromatic nitrogens is 2. The number of nitrogens with one attached hydrogen (secondary N) is 1. The van der Waals surface area contributed by atoms with Gasteiger partial charge < -0.3 is 19.5 Å². The van der Waals surface area contributed by atoms with Gasteiger partial charge in [-0.2, -0.15) is 0 Å². The number of amides is 1. The van der Waals surface area contributed by atoms with Gasteiger partial charge in [-0.3, -0.25) is 4.79 Å². The van der Waals surface area contributed by atoms with Crippen molar-refractivity contribution in [3.05, 3.63) is 48.0 Å². The number of rotatable bonds is 4. The lowest BCUT2D eigenvalue weighted by Crippen LogP contribution is -2.52. The van der Waals surface area contributed by atoms with E-state index in [1.54, 1.807) is 13.1 Å². The number of carbonyl (C=O) groups is 1. The zero-order valence-corrected chi connectivity index (χ0v) is 14.4. The zero-order valence-electron chi connectivity index (χ0n) is 14.4. The van der Waals surface area contributed by atoms with E-state index in [9.17, 15) is 4.79 Å². The molecule has 6 nitrogen and oxygen atoms in total.